The predicted molar refractivity (Wildman–Crippen MR) is 73.6 cm³/mol. The number of fused-ring (bicyclic) bond motifs is 1. The second kappa shape index (κ2) is 4.84. The zero-order valence-electron chi connectivity index (χ0n) is 10.2. The number of carbonyl (C=O) groups is 1. The number of rotatable bonds is 2. The first-order chi connectivity index (χ1) is 9.72. The average Bonchev–Trinajstić information content (AvgIpc) is 2.88. The lowest BCUT2D eigenvalue weighted by Crippen LogP contribution is -2.23. The van der Waals surface area contributed by atoms with Gasteiger partial charge in [0.15, 0.2) is 11.2 Å². The predicted octanol–water partition coefficient (Wildman–Crippen LogP) is 1.29. The summed E-state index contributed by atoms with van der Waals surface area (Å²) >= 11 is 0. The van der Waals surface area contributed by atoms with Crippen LogP contribution in [0.4, 0.5) is 16.4 Å². The van der Waals surface area contributed by atoms with E-state index in [1.165, 1.54) is 6.33 Å². The van der Waals surface area contributed by atoms with Gasteiger partial charge in [0.25, 0.3) is 5.56 Å². The van der Waals surface area contributed by atoms with E-state index in [1.54, 1.807) is 24.3 Å². The van der Waals surface area contributed by atoms with Crippen LogP contribution in [0.5, 0.6) is 0 Å². The van der Waals surface area contributed by atoms with Gasteiger partial charge in [-0.25, -0.2) is 9.78 Å². The zero-order valence-corrected chi connectivity index (χ0v) is 10.2. The Bertz CT molecular complexity index is 807. The minimum atomic E-state index is -0.505. The Labute approximate surface area is 112 Å². The topological polar surface area (TPSA) is 116 Å². The highest BCUT2D eigenvalue weighted by molar-refractivity contribution is 5.98. The molecule has 100 valence electrons. The summed E-state index contributed by atoms with van der Waals surface area (Å²) in [7, 11) is 0. The third-order valence-electron chi connectivity index (χ3n) is 2.56. The van der Waals surface area contributed by atoms with Gasteiger partial charge in [0.1, 0.15) is 0 Å². The van der Waals surface area contributed by atoms with Crippen LogP contribution in [0.1, 0.15) is 0 Å². The summed E-state index contributed by atoms with van der Waals surface area (Å²) in [4.78, 5) is 36.4. The number of amides is 2. The van der Waals surface area contributed by atoms with Crippen molar-refractivity contribution in [1.82, 2.24) is 19.9 Å². The Morgan fingerprint density at radius 3 is 2.75 bits per heavy atom. The molecule has 0 spiro atoms. The molecule has 4 N–H and O–H groups in total. The molecular weight excluding hydrogens is 260 g/mol. The Hall–Kier alpha value is -3.16. The summed E-state index contributed by atoms with van der Waals surface area (Å²) in [6.45, 7) is 0. The standard InChI is InChI=1S/C12H10N6O2/c19-10-8-9(14-6-13-8)16-11(17-10)18-12(20)15-7-4-2-1-3-5-7/h1-6H,(H4,13,14,15,16,17,18,19,20). The highest BCUT2D eigenvalue weighted by atomic mass is 16.2. The number of H-pyrrole nitrogens is 2. The van der Waals surface area contributed by atoms with Crippen molar-refractivity contribution in [3.63, 3.8) is 0 Å². The van der Waals surface area contributed by atoms with Crippen LogP contribution in [0.2, 0.25) is 0 Å². The number of aromatic nitrogens is 4. The van der Waals surface area contributed by atoms with Crippen molar-refractivity contribution in [3.8, 4) is 0 Å². The first kappa shape index (κ1) is 11.9. The van der Waals surface area contributed by atoms with Crippen LogP contribution in [0.3, 0.4) is 0 Å². The fourth-order valence-electron chi connectivity index (χ4n) is 1.69. The molecule has 0 bridgehead atoms. The number of urea groups is 1. The van der Waals surface area contributed by atoms with Gasteiger partial charge in [-0.1, -0.05) is 18.2 Å². The maximum absolute atomic E-state index is 11.8. The van der Waals surface area contributed by atoms with Crippen molar-refractivity contribution in [2.45, 2.75) is 0 Å². The normalized spacial score (nSPS) is 10.4. The molecule has 0 aliphatic heterocycles. The Morgan fingerprint density at radius 2 is 1.95 bits per heavy atom. The van der Waals surface area contributed by atoms with Gasteiger partial charge in [0.2, 0.25) is 5.95 Å². The number of hydrogen-bond acceptors (Lipinski definition) is 4. The van der Waals surface area contributed by atoms with Gasteiger partial charge in [-0.15, -0.1) is 0 Å². The molecule has 0 atom stereocenters. The second-order valence-electron chi connectivity index (χ2n) is 3.96. The fourth-order valence-corrected chi connectivity index (χ4v) is 1.69. The van der Waals surface area contributed by atoms with E-state index in [2.05, 4.69) is 30.6 Å². The summed E-state index contributed by atoms with van der Waals surface area (Å²) in [6.07, 6.45) is 1.36. The van der Waals surface area contributed by atoms with Gasteiger partial charge in [-0.05, 0) is 12.1 Å². The number of aromatic amines is 2. The number of hydrogen-bond donors (Lipinski definition) is 4. The smallest absolute Gasteiger partial charge is 0.326 e. The first-order valence-electron chi connectivity index (χ1n) is 5.79. The highest BCUT2D eigenvalue weighted by Crippen LogP contribution is 2.06. The molecule has 0 aliphatic carbocycles. The van der Waals surface area contributed by atoms with E-state index in [0.29, 0.717) is 5.69 Å². The number of imidazole rings is 1. The van der Waals surface area contributed by atoms with Gasteiger partial charge >= 0.3 is 6.03 Å². The van der Waals surface area contributed by atoms with E-state index in [9.17, 15) is 9.59 Å². The molecule has 1 aromatic carbocycles. The lowest BCUT2D eigenvalue weighted by Gasteiger charge is -2.06. The van der Waals surface area contributed by atoms with E-state index in [-0.39, 0.29) is 17.1 Å². The van der Waals surface area contributed by atoms with Crippen molar-refractivity contribution in [2.24, 2.45) is 0 Å². The van der Waals surface area contributed by atoms with Crippen LogP contribution in [0, 0.1) is 0 Å². The van der Waals surface area contributed by atoms with Gasteiger partial charge in [0.05, 0.1) is 6.33 Å². The van der Waals surface area contributed by atoms with E-state index in [0.717, 1.165) is 0 Å². The third kappa shape index (κ3) is 2.34. The molecule has 8 nitrogen and oxygen atoms in total. The number of nitrogens with one attached hydrogen (secondary N) is 4. The maximum Gasteiger partial charge on any atom is 0.326 e. The lowest BCUT2D eigenvalue weighted by molar-refractivity contribution is 0.262. The number of benzene rings is 1. The Morgan fingerprint density at radius 1 is 1.15 bits per heavy atom. The molecule has 20 heavy (non-hydrogen) atoms. The number of carbonyl (C=O) groups excluding carboxylic acids is 1. The first-order valence-corrected chi connectivity index (χ1v) is 5.79. The molecule has 3 rings (SSSR count). The minimum absolute atomic E-state index is 0.0306. The van der Waals surface area contributed by atoms with Crippen LogP contribution in [-0.2, 0) is 0 Å². The van der Waals surface area contributed by atoms with E-state index in [1.807, 2.05) is 6.07 Å². The fraction of sp³-hybridized carbons (Fsp3) is 0. The quantitative estimate of drug-likeness (QED) is 0.561. The molecule has 2 amide bonds. The minimum Gasteiger partial charge on any atom is -0.339 e. The third-order valence-corrected chi connectivity index (χ3v) is 2.56. The van der Waals surface area contributed by atoms with Crippen molar-refractivity contribution in [1.29, 1.82) is 0 Å². The van der Waals surface area contributed by atoms with Gasteiger partial charge in [0, 0.05) is 5.69 Å². The summed E-state index contributed by atoms with van der Waals surface area (Å²) in [5, 5.41) is 5.05. The van der Waals surface area contributed by atoms with Crippen LogP contribution < -0.4 is 16.2 Å². The Balaban J connectivity index is 1.79. The van der Waals surface area contributed by atoms with Gasteiger partial charge in [-0.2, -0.15) is 4.98 Å². The summed E-state index contributed by atoms with van der Waals surface area (Å²) in [6, 6.07) is 8.42. The molecule has 0 aliphatic rings. The average molecular weight is 270 g/mol. The van der Waals surface area contributed by atoms with Gasteiger partial charge in [-0.3, -0.25) is 15.1 Å². The monoisotopic (exact) mass is 270 g/mol. The molecule has 8 heteroatoms. The molecule has 0 unspecified atom stereocenters. The molecular formula is C12H10N6O2. The molecule has 0 saturated carbocycles. The van der Waals surface area contributed by atoms with Crippen molar-refractivity contribution in [2.75, 3.05) is 10.6 Å². The lowest BCUT2D eigenvalue weighted by atomic mass is 10.3. The van der Waals surface area contributed by atoms with Crippen LogP contribution in [-0.4, -0.2) is 26.0 Å². The van der Waals surface area contributed by atoms with Crippen molar-refractivity contribution >= 4 is 28.8 Å². The molecule has 0 radical (unpaired) electrons. The van der Waals surface area contributed by atoms with Crippen LogP contribution in [0.15, 0.2) is 41.5 Å². The maximum atomic E-state index is 11.8. The van der Waals surface area contributed by atoms with Crippen molar-refractivity contribution < 1.29 is 4.79 Å². The zero-order chi connectivity index (χ0) is 13.9. The highest BCUT2D eigenvalue weighted by Gasteiger charge is 2.08. The van der Waals surface area contributed by atoms with E-state index < -0.39 is 11.6 Å². The number of para-hydroxylation sites is 1. The number of anilines is 2. The SMILES string of the molecule is O=C(Nc1ccccc1)Nc1nc2nc[nH]c2c(=O)[nH]1. The number of nitrogens with zero attached hydrogens (tertiary/aromatic N) is 2. The molecule has 0 fully saturated rings. The summed E-state index contributed by atoms with van der Waals surface area (Å²) in [5.74, 6) is 0.0306. The summed E-state index contributed by atoms with van der Waals surface area (Å²) < 4.78 is 0. The largest absolute Gasteiger partial charge is 0.339 e. The molecule has 0 saturated heterocycles. The Kier molecular flexibility index (Phi) is 2.88. The van der Waals surface area contributed by atoms with E-state index >= 15 is 0 Å². The van der Waals surface area contributed by atoms with Gasteiger partial charge < -0.3 is 10.3 Å². The van der Waals surface area contributed by atoms with Crippen molar-refractivity contribution in [3.05, 3.63) is 47.0 Å². The van der Waals surface area contributed by atoms with Crippen LogP contribution in [0.25, 0.3) is 11.2 Å². The molecule has 2 heterocycles. The summed E-state index contributed by atoms with van der Waals surface area (Å²) in [5.41, 5.74) is 0.735. The molecule has 2 aromatic heterocycles. The molecule has 3 aromatic rings. The van der Waals surface area contributed by atoms with Crippen LogP contribution >= 0.6 is 0 Å². The second-order valence-corrected chi connectivity index (χ2v) is 3.96. The van der Waals surface area contributed by atoms with E-state index in [4.69, 9.17) is 0 Å².